The average molecular weight is 362 g/mol. The Labute approximate surface area is 140 Å². The first-order valence-corrected chi connectivity index (χ1v) is 8.07. The van der Waals surface area contributed by atoms with Gasteiger partial charge >= 0.3 is 0 Å². The van der Waals surface area contributed by atoms with Crippen LogP contribution in [0.4, 0.5) is 5.69 Å². The number of ether oxygens (including phenoxy) is 1. The van der Waals surface area contributed by atoms with E-state index in [4.69, 9.17) is 4.74 Å². The van der Waals surface area contributed by atoms with E-state index < -0.39 is 0 Å². The Morgan fingerprint density at radius 1 is 1.14 bits per heavy atom. The van der Waals surface area contributed by atoms with Crippen LogP contribution in [0.3, 0.4) is 0 Å². The molecule has 116 valence electrons. The molecule has 0 bridgehead atoms. The molecule has 0 unspecified atom stereocenters. The van der Waals surface area contributed by atoms with Crippen molar-refractivity contribution >= 4 is 27.5 Å². The van der Waals surface area contributed by atoms with Gasteiger partial charge in [-0.05, 0) is 56.2 Å². The number of para-hydroxylation sites is 1. The highest BCUT2D eigenvalue weighted by molar-refractivity contribution is 9.10. The predicted molar refractivity (Wildman–Crippen MR) is 93.6 cm³/mol. The van der Waals surface area contributed by atoms with Crippen LogP contribution in [0.5, 0.6) is 5.75 Å². The third-order valence-corrected chi connectivity index (χ3v) is 3.91. The number of amides is 1. The van der Waals surface area contributed by atoms with Crippen LogP contribution >= 0.6 is 15.9 Å². The number of hydrogen-bond acceptors (Lipinski definition) is 2. The van der Waals surface area contributed by atoms with Crippen LogP contribution < -0.4 is 9.64 Å². The highest BCUT2D eigenvalue weighted by Crippen LogP contribution is 2.27. The molecule has 4 heteroatoms. The molecule has 0 N–H and O–H groups in total. The number of halogens is 1. The number of rotatable bonds is 5. The maximum absolute atomic E-state index is 12.4. The van der Waals surface area contributed by atoms with Crippen LogP contribution in [0.2, 0.25) is 0 Å². The third-order valence-electron chi connectivity index (χ3n) is 3.45. The van der Waals surface area contributed by atoms with Crippen molar-refractivity contribution in [2.24, 2.45) is 0 Å². The molecule has 3 nitrogen and oxygen atoms in total. The molecule has 0 aliphatic carbocycles. The van der Waals surface area contributed by atoms with Crippen LogP contribution in [0, 0.1) is 13.8 Å². The summed E-state index contributed by atoms with van der Waals surface area (Å²) in [4.78, 5) is 14.2. The molecule has 0 aliphatic heterocycles. The molecule has 2 aromatic carbocycles. The van der Waals surface area contributed by atoms with E-state index in [0.29, 0.717) is 6.54 Å². The van der Waals surface area contributed by atoms with Gasteiger partial charge in [-0.3, -0.25) is 4.79 Å². The van der Waals surface area contributed by atoms with Gasteiger partial charge < -0.3 is 9.64 Å². The van der Waals surface area contributed by atoms with E-state index >= 15 is 0 Å². The number of benzene rings is 2. The Bertz CT molecular complexity index is 632. The minimum Gasteiger partial charge on any atom is -0.483 e. The summed E-state index contributed by atoms with van der Waals surface area (Å²) in [7, 11) is 0. The van der Waals surface area contributed by atoms with Crippen LogP contribution in [0.1, 0.15) is 18.1 Å². The molecular weight excluding hydrogens is 342 g/mol. The van der Waals surface area contributed by atoms with Crippen molar-refractivity contribution in [2.75, 3.05) is 18.1 Å². The fraction of sp³-hybridized carbons (Fsp3) is 0.278. The summed E-state index contributed by atoms with van der Waals surface area (Å²) < 4.78 is 6.79. The Balaban J connectivity index is 2.09. The molecule has 0 fully saturated rings. The first-order valence-electron chi connectivity index (χ1n) is 7.28. The molecule has 0 radical (unpaired) electrons. The van der Waals surface area contributed by atoms with Gasteiger partial charge in [0.25, 0.3) is 5.91 Å². The van der Waals surface area contributed by atoms with Gasteiger partial charge in [0.2, 0.25) is 0 Å². The average Bonchev–Trinajstić information content (AvgIpc) is 2.48. The molecule has 0 saturated heterocycles. The van der Waals surface area contributed by atoms with Gasteiger partial charge in [0.1, 0.15) is 5.75 Å². The lowest BCUT2D eigenvalue weighted by Gasteiger charge is -2.21. The van der Waals surface area contributed by atoms with Gasteiger partial charge in [0.15, 0.2) is 6.61 Å². The second kappa shape index (κ2) is 7.45. The summed E-state index contributed by atoms with van der Waals surface area (Å²) >= 11 is 3.46. The highest BCUT2D eigenvalue weighted by atomic mass is 79.9. The molecule has 0 atom stereocenters. The Hall–Kier alpha value is -1.81. The minimum atomic E-state index is -0.0459. The van der Waals surface area contributed by atoms with Crippen molar-refractivity contribution in [1.29, 1.82) is 0 Å². The van der Waals surface area contributed by atoms with Crippen LogP contribution in [0.15, 0.2) is 46.9 Å². The minimum absolute atomic E-state index is 0.0338. The van der Waals surface area contributed by atoms with Crippen molar-refractivity contribution in [3.8, 4) is 5.75 Å². The molecule has 2 aromatic rings. The van der Waals surface area contributed by atoms with Gasteiger partial charge in [-0.15, -0.1) is 0 Å². The topological polar surface area (TPSA) is 29.5 Å². The molecule has 0 aliphatic rings. The zero-order valence-corrected chi connectivity index (χ0v) is 14.7. The number of nitrogens with zero attached hydrogens (tertiary/aromatic N) is 1. The predicted octanol–water partition coefficient (Wildman–Crippen LogP) is 4.50. The largest absolute Gasteiger partial charge is 0.483 e. The van der Waals surface area contributed by atoms with E-state index in [1.54, 1.807) is 4.90 Å². The summed E-state index contributed by atoms with van der Waals surface area (Å²) in [6, 6.07) is 13.6. The standard InChI is InChI=1S/C18H20BrNO2/c1-4-20(16-8-6-5-7-9-16)17(21)12-22-18-13(2)10-15(19)11-14(18)3/h5-11H,4,12H2,1-3H3. The first-order chi connectivity index (χ1) is 10.5. The van der Waals surface area contributed by atoms with Crippen molar-refractivity contribution in [1.82, 2.24) is 0 Å². The summed E-state index contributed by atoms with van der Waals surface area (Å²) in [5, 5.41) is 0. The summed E-state index contributed by atoms with van der Waals surface area (Å²) in [5.74, 6) is 0.732. The molecule has 22 heavy (non-hydrogen) atoms. The van der Waals surface area contributed by atoms with E-state index in [1.165, 1.54) is 0 Å². The van der Waals surface area contributed by atoms with Crippen molar-refractivity contribution < 1.29 is 9.53 Å². The van der Waals surface area contributed by atoms with Gasteiger partial charge in [-0.25, -0.2) is 0 Å². The van der Waals surface area contributed by atoms with Gasteiger partial charge in [0, 0.05) is 16.7 Å². The van der Waals surface area contributed by atoms with Crippen LogP contribution in [-0.4, -0.2) is 19.1 Å². The molecule has 0 saturated carbocycles. The van der Waals surface area contributed by atoms with Crippen LogP contribution in [0.25, 0.3) is 0 Å². The summed E-state index contributed by atoms with van der Waals surface area (Å²) in [5.41, 5.74) is 2.92. The first kappa shape index (κ1) is 16.6. The fourth-order valence-electron chi connectivity index (χ4n) is 2.45. The monoisotopic (exact) mass is 361 g/mol. The van der Waals surface area contributed by atoms with E-state index in [9.17, 15) is 4.79 Å². The van der Waals surface area contributed by atoms with Crippen LogP contribution in [-0.2, 0) is 4.79 Å². The second-order valence-corrected chi connectivity index (χ2v) is 6.05. The lowest BCUT2D eigenvalue weighted by Crippen LogP contribution is -2.34. The molecule has 0 heterocycles. The number of hydrogen-bond donors (Lipinski definition) is 0. The van der Waals surface area contributed by atoms with E-state index in [0.717, 1.165) is 27.0 Å². The molecule has 1 amide bonds. The zero-order valence-electron chi connectivity index (χ0n) is 13.1. The normalized spacial score (nSPS) is 10.4. The quantitative estimate of drug-likeness (QED) is 0.784. The number of carbonyl (C=O) groups is 1. The lowest BCUT2D eigenvalue weighted by molar-refractivity contribution is -0.120. The smallest absolute Gasteiger partial charge is 0.264 e. The molecule has 2 rings (SSSR count). The second-order valence-electron chi connectivity index (χ2n) is 5.13. The summed E-state index contributed by atoms with van der Waals surface area (Å²) in [6.07, 6.45) is 0. The van der Waals surface area contributed by atoms with Crippen molar-refractivity contribution in [3.63, 3.8) is 0 Å². The van der Waals surface area contributed by atoms with Crippen molar-refractivity contribution in [3.05, 3.63) is 58.1 Å². The maximum Gasteiger partial charge on any atom is 0.264 e. The van der Waals surface area contributed by atoms with Crippen molar-refractivity contribution in [2.45, 2.75) is 20.8 Å². The fourth-order valence-corrected chi connectivity index (χ4v) is 3.13. The Kier molecular flexibility index (Phi) is 5.61. The lowest BCUT2D eigenvalue weighted by atomic mass is 10.1. The number of aryl methyl sites for hydroxylation is 2. The Morgan fingerprint density at radius 2 is 1.73 bits per heavy atom. The SMILES string of the molecule is CCN(C(=O)COc1c(C)cc(Br)cc1C)c1ccccc1. The highest BCUT2D eigenvalue weighted by Gasteiger charge is 2.15. The van der Waals surface area contributed by atoms with Gasteiger partial charge in [-0.1, -0.05) is 34.1 Å². The molecular formula is C18H20BrNO2. The third kappa shape index (κ3) is 3.89. The maximum atomic E-state index is 12.4. The number of likely N-dealkylation sites (N-methyl/N-ethyl adjacent to an activating group) is 1. The van der Waals surface area contributed by atoms with Gasteiger partial charge in [0.05, 0.1) is 0 Å². The number of anilines is 1. The Morgan fingerprint density at radius 3 is 2.27 bits per heavy atom. The molecule has 0 aromatic heterocycles. The molecule has 0 spiro atoms. The summed E-state index contributed by atoms with van der Waals surface area (Å²) in [6.45, 7) is 6.57. The van der Waals surface area contributed by atoms with E-state index in [1.807, 2.05) is 63.2 Å². The number of carbonyl (C=O) groups excluding carboxylic acids is 1. The van der Waals surface area contributed by atoms with Gasteiger partial charge in [-0.2, -0.15) is 0 Å². The van der Waals surface area contributed by atoms with E-state index in [-0.39, 0.29) is 12.5 Å². The zero-order chi connectivity index (χ0) is 16.1. The van der Waals surface area contributed by atoms with E-state index in [2.05, 4.69) is 15.9 Å².